The van der Waals surface area contributed by atoms with Gasteiger partial charge in [-0.05, 0) is 82.1 Å². The number of aryl methyl sites for hydroxylation is 1. The number of fused-ring (bicyclic) bond motifs is 1. The average Bonchev–Trinajstić information content (AvgIpc) is 3.26. The fourth-order valence-electron chi connectivity index (χ4n) is 3.97. The number of nitrogens with one attached hydrogen (secondary N) is 1. The first-order chi connectivity index (χ1) is 18.0. The minimum absolute atomic E-state index is 0.184. The second kappa shape index (κ2) is 11.2. The van der Waals surface area contributed by atoms with Crippen molar-refractivity contribution in [2.24, 2.45) is 4.99 Å². The molecular formula is C30H25BrN2O3S. The molecule has 1 aliphatic heterocycles. The van der Waals surface area contributed by atoms with Crippen LogP contribution in [0.25, 0.3) is 16.8 Å². The Morgan fingerprint density at radius 2 is 1.70 bits per heavy atom. The first-order valence-corrected chi connectivity index (χ1v) is 13.5. The quantitative estimate of drug-likeness (QED) is 0.231. The van der Waals surface area contributed by atoms with Gasteiger partial charge in [0.15, 0.2) is 16.7 Å². The van der Waals surface area contributed by atoms with Crippen molar-refractivity contribution in [3.63, 3.8) is 0 Å². The van der Waals surface area contributed by atoms with Gasteiger partial charge in [0.1, 0.15) is 6.61 Å². The van der Waals surface area contributed by atoms with Crippen molar-refractivity contribution in [2.45, 2.75) is 20.0 Å². The third-order valence-corrected chi connectivity index (χ3v) is 7.60. The number of ether oxygens (including phenoxy) is 2. The van der Waals surface area contributed by atoms with Crippen molar-refractivity contribution < 1.29 is 14.3 Å². The van der Waals surface area contributed by atoms with Crippen LogP contribution >= 0.6 is 27.7 Å². The highest BCUT2D eigenvalue weighted by molar-refractivity contribution is 9.10. The maximum atomic E-state index is 12.6. The molecule has 0 radical (unpaired) electrons. The van der Waals surface area contributed by atoms with Gasteiger partial charge in [-0.25, -0.2) is 4.99 Å². The molecule has 5 nitrogen and oxygen atoms in total. The van der Waals surface area contributed by atoms with Gasteiger partial charge in [-0.15, -0.1) is 0 Å². The Morgan fingerprint density at radius 1 is 0.946 bits per heavy atom. The fourth-order valence-corrected chi connectivity index (χ4v) is 5.24. The first kappa shape index (κ1) is 25.1. The normalized spacial score (nSPS) is 15.4. The molecule has 37 heavy (non-hydrogen) atoms. The number of rotatable bonds is 7. The number of thioether (sulfide) groups is 1. The van der Waals surface area contributed by atoms with Crippen LogP contribution in [-0.2, 0) is 17.8 Å². The van der Waals surface area contributed by atoms with E-state index in [0.29, 0.717) is 28.2 Å². The van der Waals surface area contributed by atoms with Crippen LogP contribution in [0.4, 0.5) is 5.69 Å². The average molecular weight is 574 g/mol. The first-order valence-electron chi connectivity index (χ1n) is 11.9. The maximum absolute atomic E-state index is 12.6. The third-order valence-electron chi connectivity index (χ3n) is 6.00. The molecule has 0 aliphatic carbocycles. The Kier molecular flexibility index (Phi) is 7.63. The molecule has 1 heterocycles. The van der Waals surface area contributed by atoms with E-state index in [9.17, 15) is 4.79 Å². The van der Waals surface area contributed by atoms with Gasteiger partial charge < -0.3 is 14.8 Å². The van der Waals surface area contributed by atoms with Crippen molar-refractivity contribution in [1.29, 1.82) is 0 Å². The number of benzene rings is 4. The van der Waals surface area contributed by atoms with Gasteiger partial charge in [0.25, 0.3) is 5.91 Å². The van der Waals surface area contributed by atoms with Crippen molar-refractivity contribution in [3.8, 4) is 11.5 Å². The number of halogens is 1. The standard InChI is InChI=1S/C30H25BrN2O3S/c1-3-19-9-12-24(13-10-19)32-30-33-29(34)28(37-30)16-23-15-26(35-2)27(17-25(23)31)36-18-20-8-11-21-6-4-5-7-22(21)14-20/h4-17H,3,18H2,1-2H3,(H,32,33,34)/b28-16-. The molecule has 186 valence electrons. The highest BCUT2D eigenvalue weighted by Crippen LogP contribution is 2.37. The van der Waals surface area contributed by atoms with E-state index in [4.69, 9.17) is 9.47 Å². The number of amides is 1. The summed E-state index contributed by atoms with van der Waals surface area (Å²) in [5.74, 6) is 1.02. The number of methoxy groups -OCH3 is 1. The summed E-state index contributed by atoms with van der Waals surface area (Å²) in [6.07, 6.45) is 2.79. The topological polar surface area (TPSA) is 59.9 Å². The second-order valence-corrected chi connectivity index (χ2v) is 10.4. The summed E-state index contributed by atoms with van der Waals surface area (Å²) >= 11 is 4.94. The van der Waals surface area contributed by atoms with E-state index in [0.717, 1.165) is 27.7 Å². The molecule has 1 saturated heterocycles. The van der Waals surface area contributed by atoms with Gasteiger partial charge in [0.2, 0.25) is 0 Å². The largest absolute Gasteiger partial charge is 0.493 e. The van der Waals surface area contributed by atoms with Gasteiger partial charge in [-0.1, -0.05) is 71.4 Å². The van der Waals surface area contributed by atoms with Crippen LogP contribution in [0.2, 0.25) is 0 Å². The van der Waals surface area contributed by atoms with E-state index < -0.39 is 0 Å². The van der Waals surface area contributed by atoms with Gasteiger partial charge in [-0.2, -0.15) is 0 Å². The van der Waals surface area contributed by atoms with E-state index in [2.05, 4.69) is 63.5 Å². The summed E-state index contributed by atoms with van der Waals surface area (Å²) in [5, 5.41) is 5.77. The van der Waals surface area contributed by atoms with Crippen LogP contribution in [0.3, 0.4) is 0 Å². The molecule has 0 bridgehead atoms. The predicted molar refractivity (Wildman–Crippen MR) is 156 cm³/mol. The Morgan fingerprint density at radius 3 is 2.46 bits per heavy atom. The van der Waals surface area contributed by atoms with E-state index in [1.165, 1.54) is 28.1 Å². The van der Waals surface area contributed by atoms with Crippen LogP contribution in [0.1, 0.15) is 23.6 Å². The number of hydrogen-bond acceptors (Lipinski definition) is 5. The molecule has 0 spiro atoms. The predicted octanol–water partition coefficient (Wildman–Crippen LogP) is 7.64. The lowest BCUT2D eigenvalue weighted by atomic mass is 10.1. The summed E-state index contributed by atoms with van der Waals surface area (Å²) in [7, 11) is 1.61. The Bertz CT molecular complexity index is 1530. The van der Waals surface area contributed by atoms with Crippen molar-refractivity contribution in [2.75, 3.05) is 7.11 Å². The van der Waals surface area contributed by atoms with Crippen LogP contribution in [0, 0.1) is 0 Å². The summed E-state index contributed by atoms with van der Waals surface area (Å²) in [5.41, 5.74) is 3.92. The molecule has 1 aliphatic rings. The molecule has 5 rings (SSSR count). The second-order valence-electron chi connectivity index (χ2n) is 8.50. The van der Waals surface area contributed by atoms with Gasteiger partial charge in [0, 0.05) is 4.47 Å². The van der Waals surface area contributed by atoms with Gasteiger partial charge in [-0.3, -0.25) is 4.79 Å². The Balaban J connectivity index is 1.33. The lowest BCUT2D eigenvalue weighted by molar-refractivity contribution is -0.115. The number of amidine groups is 1. The molecule has 7 heteroatoms. The summed E-state index contributed by atoms with van der Waals surface area (Å²) < 4.78 is 12.5. The molecular weight excluding hydrogens is 548 g/mol. The minimum atomic E-state index is -0.184. The molecule has 4 aromatic rings. The minimum Gasteiger partial charge on any atom is -0.493 e. The highest BCUT2D eigenvalue weighted by Gasteiger charge is 2.24. The van der Waals surface area contributed by atoms with Crippen molar-refractivity contribution >= 4 is 61.3 Å². The number of carbonyl (C=O) groups excluding carboxylic acids is 1. The lowest BCUT2D eigenvalue weighted by Gasteiger charge is -2.13. The number of aliphatic imine (C=N–C) groups is 1. The Hall–Kier alpha value is -3.55. The van der Waals surface area contributed by atoms with E-state index in [1.54, 1.807) is 7.11 Å². The van der Waals surface area contributed by atoms with E-state index in [-0.39, 0.29) is 5.91 Å². The van der Waals surface area contributed by atoms with Crippen LogP contribution < -0.4 is 14.8 Å². The summed E-state index contributed by atoms with van der Waals surface area (Å²) in [6.45, 7) is 2.52. The van der Waals surface area contributed by atoms with E-state index in [1.807, 2.05) is 54.6 Å². The number of nitrogens with zero attached hydrogens (tertiary/aromatic N) is 1. The zero-order valence-corrected chi connectivity index (χ0v) is 22.9. The zero-order chi connectivity index (χ0) is 25.8. The smallest absolute Gasteiger partial charge is 0.264 e. The van der Waals surface area contributed by atoms with Crippen LogP contribution in [-0.4, -0.2) is 18.2 Å². The van der Waals surface area contributed by atoms with Gasteiger partial charge in [0.05, 0.1) is 17.7 Å². The summed E-state index contributed by atoms with van der Waals surface area (Å²) in [4.78, 5) is 17.7. The highest BCUT2D eigenvalue weighted by atomic mass is 79.9. The lowest BCUT2D eigenvalue weighted by Crippen LogP contribution is -2.19. The summed E-state index contributed by atoms with van der Waals surface area (Å²) in [6, 6.07) is 26.3. The monoisotopic (exact) mass is 572 g/mol. The molecule has 0 atom stereocenters. The van der Waals surface area contributed by atoms with Crippen LogP contribution in [0.15, 0.2) is 93.2 Å². The maximum Gasteiger partial charge on any atom is 0.264 e. The number of hydrogen-bond donors (Lipinski definition) is 1. The molecule has 1 N–H and O–H groups in total. The SMILES string of the molecule is CCc1ccc(N=C2NC(=O)/C(=C/c3cc(OC)c(OCc4ccc5ccccc5c4)cc3Br)S2)cc1. The van der Waals surface area contributed by atoms with Crippen LogP contribution in [0.5, 0.6) is 11.5 Å². The Labute approximate surface area is 228 Å². The third kappa shape index (κ3) is 5.89. The van der Waals surface area contributed by atoms with Gasteiger partial charge >= 0.3 is 0 Å². The zero-order valence-electron chi connectivity index (χ0n) is 20.5. The van der Waals surface area contributed by atoms with E-state index >= 15 is 0 Å². The number of carbonyl (C=O) groups is 1. The molecule has 0 unspecified atom stereocenters. The molecule has 1 fully saturated rings. The molecule has 0 aromatic heterocycles. The molecule has 4 aromatic carbocycles. The van der Waals surface area contributed by atoms with Crippen molar-refractivity contribution in [3.05, 3.63) is 105 Å². The fraction of sp³-hybridized carbons (Fsp3) is 0.133. The van der Waals surface area contributed by atoms with Crippen molar-refractivity contribution in [1.82, 2.24) is 5.32 Å². The molecule has 0 saturated carbocycles. The molecule has 1 amide bonds.